The second kappa shape index (κ2) is 8.37. The predicted octanol–water partition coefficient (Wildman–Crippen LogP) is 4.64. The number of ether oxygens (including phenoxy) is 1. The summed E-state index contributed by atoms with van der Waals surface area (Å²) in [6, 6.07) is 15.1. The summed E-state index contributed by atoms with van der Waals surface area (Å²) >= 11 is 0. The fourth-order valence-electron chi connectivity index (χ4n) is 3.47. The third-order valence-corrected chi connectivity index (χ3v) is 4.99. The maximum Gasteiger partial charge on any atom is 0.251 e. The van der Waals surface area contributed by atoms with Crippen LogP contribution in [0.3, 0.4) is 0 Å². The molecule has 2 heterocycles. The van der Waals surface area contributed by atoms with Gasteiger partial charge in [0.05, 0.1) is 17.1 Å². The van der Waals surface area contributed by atoms with Gasteiger partial charge < -0.3 is 15.0 Å². The van der Waals surface area contributed by atoms with E-state index in [2.05, 4.69) is 20.3 Å². The molecule has 2 aromatic carbocycles. The van der Waals surface area contributed by atoms with E-state index in [1.54, 1.807) is 12.4 Å². The molecule has 0 radical (unpaired) electrons. The SMILES string of the molecule is Cc1cc(C(=O)NC(C)c2nc3ccccc3[nH]2)cc(C)c1OCc1cccnc1. The summed E-state index contributed by atoms with van der Waals surface area (Å²) in [7, 11) is 0. The minimum Gasteiger partial charge on any atom is -0.488 e. The minimum atomic E-state index is -0.244. The zero-order chi connectivity index (χ0) is 21.1. The van der Waals surface area contributed by atoms with E-state index in [1.165, 1.54) is 0 Å². The molecular formula is C24H24N4O2. The van der Waals surface area contributed by atoms with E-state index >= 15 is 0 Å². The van der Waals surface area contributed by atoms with Gasteiger partial charge in [-0.2, -0.15) is 0 Å². The van der Waals surface area contributed by atoms with Crippen LogP contribution in [-0.4, -0.2) is 20.9 Å². The molecule has 1 atom stereocenters. The van der Waals surface area contributed by atoms with E-state index in [4.69, 9.17) is 4.74 Å². The Morgan fingerprint density at radius 3 is 2.60 bits per heavy atom. The largest absolute Gasteiger partial charge is 0.488 e. The van der Waals surface area contributed by atoms with Crippen molar-refractivity contribution in [3.63, 3.8) is 0 Å². The number of benzene rings is 2. The lowest BCUT2D eigenvalue weighted by atomic mass is 10.0. The molecule has 0 saturated heterocycles. The van der Waals surface area contributed by atoms with Crippen LogP contribution in [0.15, 0.2) is 60.9 Å². The molecular weight excluding hydrogens is 376 g/mol. The Morgan fingerprint density at radius 2 is 1.90 bits per heavy atom. The van der Waals surface area contributed by atoms with Crippen LogP contribution in [-0.2, 0) is 6.61 Å². The molecule has 1 unspecified atom stereocenters. The number of aromatic amines is 1. The van der Waals surface area contributed by atoms with Crippen LogP contribution in [0.4, 0.5) is 0 Å². The van der Waals surface area contributed by atoms with E-state index in [9.17, 15) is 4.79 Å². The molecule has 0 fully saturated rings. The molecule has 4 rings (SSSR count). The van der Waals surface area contributed by atoms with Crippen molar-refractivity contribution in [2.24, 2.45) is 0 Å². The number of aromatic nitrogens is 3. The first-order valence-corrected chi connectivity index (χ1v) is 9.89. The Morgan fingerprint density at radius 1 is 1.13 bits per heavy atom. The second-order valence-electron chi connectivity index (χ2n) is 7.42. The summed E-state index contributed by atoms with van der Waals surface area (Å²) in [5, 5.41) is 3.02. The molecule has 0 bridgehead atoms. The van der Waals surface area contributed by atoms with Gasteiger partial charge in [-0.1, -0.05) is 18.2 Å². The van der Waals surface area contributed by atoms with Crippen LogP contribution in [0.25, 0.3) is 11.0 Å². The van der Waals surface area contributed by atoms with Crippen molar-refractivity contribution in [3.05, 3.63) is 89.0 Å². The number of para-hydroxylation sites is 2. The van der Waals surface area contributed by atoms with Crippen molar-refractivity contribution >= 4 is 16.9 Å². The fraction of sp³-hybridized carbons (Fsp3) is 0.208. The summed E-state index contributed by atoms with van der Waals surface area (Å²) in [6.45, 7) is 6.25. The summed E-state index contributed by atoms with van der Waals surface area (Å²) in [4.78, 5) is 24.8. The van der Waals surface area contributed by atoms with Gasteiger partial charge in [0.1, 0.15) is 18.2 Å². The van der Waals surface area contributed by atoms with Crippen LogP contribution in [0.1, 0.15) is 45.8 Å². The summed E-state index contributed by atoms with van der Waals surface area (Å²) in [5.41, 5.74) is 5.27. The number of fused-ring (bicyclic) bond motifs is 1. The number of hydrogen-bond acceptors (Lipinski definition) is 4. The van der Waals surface area contributed by atoms with Crippen molar-refractivity contribution in [2.45, 2.75) is 33.4 Å². The minimum absolute atomic E-state index is 0.145. The molecule has 30 heavy (non-hydrogen) atoms. The van der Waals surface area contributed by atoms with Gasteiger partial charge in [0.25, 0.3) is 5.91 Å². The number of nitrogens with zero attached hydrogens (tertiary/aromatic N) is 2. The monoisotopic (exact) mass is 400 g/mol. The number of amides is 1. The van der Waals surface area contributed by atoms with Gasteiger partial charge in [-0.15, -0.1) is 0 Å². The van der Waals surface area contributed by atoms with Crippen molar-refractivity contribution in [2.75, 3.05) is 0 Å². The molecule has 6 heteroatoms. The molecule has 152 valence electrons. The van der Waals surface area contributed by atoms with Gasteiger partial charge in [-0.25, -0.2) is 4.98 Å². The standard InChI is InChI=1S/C24H24N4O2/c1-15-11-19(12-16(2)22(15)30-14-18-7-6-10-25-13-18)24(29)26-17(3)23-27-20-8-4-5-9-21(20)28-23/h4-13,17H,14H2,1-3H3,(H,26,29)(H,27,28). The number of hydrogen-bond donors (Lipinski definition) is 2. The van der Waals surface area contributed by atoms with E-state index in [0.717, 1.165) is 39.3 Å². The average molecular weight is 400 g/mol. The molecule has 6 nitrogen and oxygen atoms in total. The highest BCUT2D eigenvalue weighted by Gasteiger charge is 2.17. The van der Waals surface area contributed by atoms with Gasteiger partial charge in [0.2, 0.25) is 0 Å². The third kappa shape index (κ3) is 4.17. The Hall–Kier alpha value is -3.67. The van der Waals surface area contributed by atoms with Crippen molar-refractivity contribution in [1.29, 1.82) is 0 Å². The number of pyridine rings is 1. The van der Waals surface area contributed by atoms with Gasteiger partial charge in [-0.3, -0.25) is 9.78 Å². The lowest BCUT2D eigenvalue weighted by Gasteiger charge is -2.16. The molecule has 2 aromatic heterocycles. The van der Waals surface area contributed by atoms with E-state index < -0.39 is 0 Å². The lowest BCUT2D eigenvalue weighted by molar-refractivity contribution is 0.0938. The van der Waals surface area contributed by atoms with E-state index in [0.29, 0.717) is 12.2 Å². The number of H-pyrrole nitrogens is 1. The Labute approximate surface area is 175 Å². The van der Waals surface area contributed by atoms with Crippen LogP contribution in [0.2, 0.25) is 0 Å². The Bertz CT molecular complexity index is 1130. The van der Waals surface area contributed by atoms with Gasteiger partial charge in [0.15, 0.2) is 0 Å². The number of carbonyl (C=O) groups is 1. The summed E-state index contributed by atoms with van der Waals surface area (Å²) in [5.74, 6) is 1.38. The number of nitrogens with one attached hydrogen (secondary N) is 2. The van der Waals surface area contributed by atoms with Crippen LogP contribution >= 0.6 is 0 Å². The number of imidazole rings is 1. The molecule has 1 amide bonds. The molecule has 0 saturated carbocycles. The number of rotatable bonds is 6. The highest BCUT2D eigenvalue weighted by molar-refractivity contribution is 5.95. The normalized spacial score (nSPS) is 12.0. The lowest BCUT2D eigenvalue weighted by Crippen LogP contribution is -2.27. The molecule has 0 aliphatic carbocycles. The maximum atomic E-state index is 12.8. The van der Waals surface area contributed by atoms with Gasteiger partial charge >= 0.3 is 0 Å². The van der Waals surface area contributed by atoms with Crippen LogP contribution in [0, 0.1) is 13.8 Å². The molecule has 0 spiro atoms. The fourth-order valence-corrected chi connectivity index (χ4v) is 3.47. The van der Waals surface area contributed by atoms with Gasteiger partial charge in [0, 0.05) is 23.5 Å². The molecule has 2 N–H and O–H groups in total. The number of aryl methyl sites for hydroxylation is 2. The number of carbonyl (C=O) groups excluding carboxylic acids is 1. The molecule has 0 aliphatic heterocycles. The van der Waals surface area contributed by atoms with Crippen LogP contribution in [0.5, 0.6) is 5.75 Å². The highest BCUT2D eigenvalue weighted by atomic mass is 16.5. The van der Waals surface area contributed by atoms with Gasteiger partial charge in [-0.05, 0) is 62.2 Å². The second-order valence-corrected chi connectivity index (χ2v) is 7.42. The van der Waals surface area contributed by atoms with Crippen molar-refractivity contribution in [3.8, 4) is 5.75 Å². The summed E-state index contributed by atoms with van der Waals surface area (Å²) < 4.78 is 5.99. The predicted molar refractivity (Wildman–Crippen MR) is 116 cm³/mol. The molecule has 4 aromatic rings. The summed E-state index contributed by atoms with van der Waals surface area (Å²) in [6.07, 6.45) is 3.52. The third-order valence-electron chi connectivity index (χ3n) is 4.99. The molecule has 0 aliphatic rings. The smallest absolute Gasteiger partial charge is 0.251 e. The Kier molecular flexibility index (Phi) is 5.48. The zero-order valence-corrected chi connectivity index (χ0v) is 17.3. The first-order chi connectivity index (χ1) is 14.5. The quantitative estimate of drug-likeness (QED) is 0.494. The average Bonchev–Trinajstić information content (AvgIpc) is 3.18. The maximum absolute atomic E-state index is 12.8. The van der Waals surface area contributed by atoms with Crippen LogP contribution < -0.4 is 10.1 Å². The van der Waals surface area contributed by atoms with Crippen molar-refractivity contribution in [1.82, 2.24) is 20.3 Å². The zero-order valence-electron chi connectivity index (χ0n) is 17.3. The topological polar surface area (TPSA) is 79.9 Å². The van der Waals surface area contributed by atoms with E-state index in [-0.39, 0.29) is 11.9 Å². The first kappa shape index (κ1) is 19.6. The highest BCUT2D eigenvalue weighted by Crippen LogP contribution is 2.26. The van der Waals surface area contributed by atoms with Crippen molar-refractivity contribution < 1.29 is 9.53 Å². The van der Waals surface area contributed by atoms with E-state index in [1.807, 2.05) is 69.3 Å². The first-order valence-electron chi connectivity index (χ1n) is 9.89. The Balaban J connectivity index is 1.47.